The van der Waals surface area contributed by atoms with Crippen LogP contribution in [0.5, 0.6) is 0 Å². The van der Waals surface area contributed by atoms with E-state index in [9.17, 15) is 0 Å². The Balaban J connectivity index is 1.65. The molecule has 0 radical (unpaired) electrons. The summed E-state index contributed by atoms with van der Waals surface area (Å²) >= 11 is 5.94. The number of hydrogen-bond donors (Lipinski definition) is 1. The lowest BCUT2D eigenvalue weighted by Gasteiger charge is -2.28. The highest BCUT2D eigenvalue weighted by atomic mass is 32.1. The van der Waals surface area contributed by atoms with Crippen molar-refractivity contribution in [2.24, 2.45) is 0 Å². The number of benzene rings is 2. The molecule has 36 heavy (non-hydrogen) atoms. The normalized spacial score (nSPS) is 17.4. The van der Waals surface area contributed by atoms with Gasteiger partial charge in [-0.25, -0.2) is 0 Å². The van der Waals surface area contributed by atoms with E-state index in [1.807, 2.05) is 18.3 Å². The maximum absolute atomic E-state index is 5.94. The Kier molecular flexibility index (Phi) is 6.31. The molecule has 4 aromatic rings. The fourth-order valence-corrected chi connectivity index (χ4v) is 5.55. The van der Waals surface area contributed by atoms with Gasteiger partial charge in [-0.2, -0.15) is 0 Å². The maximum atomic E-state index is 5.94. The molecule has 0 amide bonds. The van der Waals surface area contributed by atoms with E-state index in [1.54, 1.807) is 0 Å². The summed E-state index contributed by atoms with van der Waals surface area (Å²) in [6.07, 6.45) is 1.85. The summed E-state index contributed by atoms with van der Waals surface area (Å²) in [5.74, 6) is 0. The molecule has 0 spiro atoms. The lowest BCUT2D eigenvalue weighted by molar-refractivity contribution is 0.565. The van der Waals surface area contributed by atoms with Crippen molar-refractivity contribution in [1.29, 1.82) is 0 Å². The Morgan fingerprint density at radius 3 is 2.22 bits per heavy atom. The molecule has 184 valence electrons. The van der Waals surface area contributed by atoms with Crippen LogP contribution >= 0.6 is 12.2 Å². The van der Waals surface area contributed by atoms with E-state index in [-0.39, 0.29) is 12.1 Å². The first kappa shape index (κ1) is 24.1. The first-order valence-corrected chi connectivity index (χ1v) is 12.7. The summed E-state index contributed by atoms with van der Waals surface area (Å²) in [5, 5.41) is 4.32. The van der Waals surface area contributed by atoms with Crippen molar-refractivity contribution in [3.8, 4) is 5.69 Å². The molecule has 5 rings (SSSR count). The van der Waals surface area contributed by atoms with E-state index >= 15 is 0 Å². The van der Waals surface area contributed by atoms with Crippen LogP contribution in [0.1, 0.15) is 45.9 Å². The highest BCUT2D eigenvalue weighted by molar-refractivity contribution is 7.80. The lowest BCUT2D eigenvalue weighted by atomic mass is 9.96. The third kappa shape index (κ3) is 4.16. The molecule has 1 aliphatic rings. The second-order valence-electron chi connectivity index (χ2n) is 9.84. The number of aromatic nitrogens is 2. The number of nitrogens with one attached hydrogen (secondary N) is 1. The van der Waals surface area contributed by atoms with E-state index in [0.29, 0.717) is 0 Å². The zero-order valence-corrected chi connectivity index (χ0v) is 22.6. The molecular weight excluding hydrogens is 462 g/mol. The summed E-state index contributed by atoms with van der Waals surface area (Å²) in [5.41, 5.74) is 10.6. The third-order valence-corrected chi connectivity index (χ3v) is 7.59. The van der Waals surface area contributed by atoms with E-state index in [4.69, 9.17) is 17.2 Å². The average Bonchev–Trinajstić information content (AvgIpc) is 3.36. The number of thiocarbonyl (C=S) groups is 1. The summed E-state index contributed by atoms with van der Waals surface area (Å²) < 4.78 is 2.34. The van der Waals surface area contributed by atoms with Gasteiger partial charge in [0.2, 0.25) is 0 Å². The molecule has 2 aromatic heterocycles. The molecule has 3 heterocycles. The van der Waals surface area contributed by atoms with Gasteiger partial charge < -0.3 is 19.7 Å². The minimum absolute atomic E-state index is 0.0319. The second kappa shape index (κ2) is 9.43. The molecule has 1 aliphatic heterocycles. The van der Waals surface area contributed by atoms with Crippen molar-refractivity contribution in [3.63, 3.8) is 0 Å². The summed E-state index contributed by atoms with van der Waals surface area (Å²) in [6, 6.07) is 23.6. The van der Waals surface area contributed by atoms with Crippen molar-refractivity contribution >= 4 is 28.7 Å². The Hall–Kier alpha value is -3.64. The highest BCUT2D eigenvalue weighted by Gasteiger charge is 2.42. The predicted octanol–water partition coefficient (Wildman–Crippen LogP) is 6.35. The first-order valence-electron chi connectivity index (χ1n) is 12.3. The van der Waals surface area contributed by atoms with Gasteiger partial charge >= 0.3 is 0 Å². The molecule has 1 fully saturated rings. The third-order valence-electron chi connectivity index (χ3n) is 7.28. The maximum Gasteiger partial charge on any atom is 0.174 e. The van der Waals surface area contributed by atoms with E-state index in [2.05, 4.69) is 116 Å². The molecule has 0 bridgehead atoms. The Bertz CT molecular complexity index is 1410. The second-order valence-corrected chi connectivity index (χ2v) is 10.2. The zero-order chi connectivity index (χ0) is 25.6. The van der Waals surface area contributed by atoms with Gasteiger partial charge in [-0.15, -0.1) is 0 Å². The van der Waals surface area contributed by atoms with Gasteiger partial charge in [0.15, 0.2) is 5.11 Å². The van der Waals surface area contributed by atoms with Gasteiger partial charge in [0, 0.05) is 48.7 Å². The largest absolute Gasteiger partial charge is 0.378 e. The molecule has 0 aliphatic carbocycles. The van der Waals surface area contributed by atoms with Crippen LogP contribution in [-0.4, -0.2) is 28.8 Å². The van der Waals surface area contributed by atoms with Crippen LogP contribution in [0.15, 0.2) is 72.9 Å². The van der Waals surface area contributed by atoms with E-state index < -0.39 is 0 Å². The molecule has 0 saturated carbocycles. The Morgan fingerprint density at radius 1 is 0.861 bits per heavy atom. The summed E-state index contributed by atoms with van der Waals surface area (Å²) in [6.45, 7) is 8.67. The van der Waals surface area contributed by atoms with Gasteiger partial charge in [0.05, 0.1) is 17.8 Å². The number of nitrogens with zero attached hydrogens (tertiary/aromatic N) is 4. The zero-order valence-electron chi connectivity index (χ0n) is 21.8. The molecule has 1 N–H and O–H groups in total. The molecule has 1 saturated heterocycles. The highest BCUT2D eigenvalue weighted by Crippen LogP contribution is 2.44. The van der Waals surface area contributed by atoms with Crippen LogP contribution in [0.25, 0.3) is 5.69 Å². The fourth-order valence-electron chi connectivity index (χ4n) is 5.21. The van der Waals surface area contributed by atoms with Gasteiger partial charge in [-0.1, -0.05) is 12.1 Å². The SMILES string of the molecule is Cc1ccc(N2C(=S)N[C@H](c3ccccn3)[C@H]2c2cc(C)n(-c3ccc(N(C)C)cc3)c2C)cc1C. The van der Waals surface area contributed by atoms with Gasteiger partial charge in [-0.05, 0) is 111 Å². The molecule has 2 aromatic carbocycles. The monoisotopic (exact) mass is 495 g/mol. The van der Waals surface area contributed by atoms with E-state index in [0.717, 1.165) is 22.2 Å². The van der Waals surface area contributed by atoms with Crippen molar-refractivity contribution in [1.82, 2.24) is 14.9 Å². The Labute approximate surface area is 219 Å². The van der Waals surface area contributed by atoms with Gasteiger partial charge in [0.25, 0.3) is 0 Å². The molecular formula is C30H33N5S. The average molecular weight is 496 g/mol. The van der Waals surface area contributed by atoms with Crippen molar-refractivity contribution < 1.29 is 0 Å². The molecule has 6 heteroatoms. The van der Waals surface area contributed by atoms with Crippen molar-refractivity contribution in [2.75, 3.05) is 23.9 Å². The predicted molar refractivity (Wildman–Crippen MR) is 153 cm³/mol. The number of hydrogen-bond acceptors (Lipinski definition) is 3. The van der Waals surface area contributed by atoms with Crippen LogP contribution in [-0.2, 0) is 0 Å². The minimum Gasteiger partial charge on any atom is -0.378 e. The molecule has 0 unspecified atom stereocenters. The lowest BCUT2D eigenvalue weighted by Crippen LogP contribution is -2.29. The van der Waals surface area contributed by atoms with Gasteiger partial charge in [-0.3, -0.25) is 4.98 Å². The van der Waals surface area contributed by atoms with Crippen LogP contribution < -0.4 is 15.1 Å². The van der Waals surface area contributed by atoms with Crippen LogP contribution in [0.4, 0.5) is 11.4 Å². The number of aryl methyl sites for hydroxylation is 3. The van der Waals surface area contributed by atoms with Crippen LogP contribution in [0.2, 0.25) is 0 Å². The quantitative estimate of drug-likeness (QED) is 0.327. The Morgan fingerprint density at radius 2 is 1.58 bits per heavy atom. The summed E-state index contributed by atoms with van der Waals surface area (Å²) in [4.78, 5) is 9.10. The fraction of sp³-hybridized carbons (Fsp3) is 0.267. The van der Waals surface area contributed by atoms with Crippen molar-refractivity contribution in [2.45, 2.75) is 39.8 Å². The molecule has 2 atom stereocenters. The van der Waals surface area contributed by atoms with Crippen LogP contribution in [0, 0.1) is 27.7 Å². The minimum atomic E-state index is -0.0645. The first-order chi connectivity index (χ1) is 17.3. The smallest absolute Gasteiger partial charge is 0.174 e. The number of rotatable bonds is 5. The molecule has 5 nitrogen and oxygen atoms in total. The van der Waals surface area contributed by atoms with Crippen LogP contribution in [0.3, 0.4) is 0 Å². The standard InChI is InChI=1S/C30H33N5S/c1-19-10-11-25(17-20(19)2)35-29(28(32-30(35)36)27-9-7-8-16-31-27)26-18-21(3)34(22(26)4)24-14-12-23(13-15-24)33(5)6/h7-18,28-29H,1-6H3,(H,32,36)/t28-,29-/m1/s1. The topological polar surface area (TPSA) is 36.3 Å². The van der Waals surface area contributed by atoms with E-state index in [1.165, 1.54) is 33.8 Å². The summed E-state index contributed by atoms with van der Waals surface area (Å²) in [7, 11) is 4.13. The number of pyridine rings is 1. The van der Waals surface area contributed by atoms with Crippen molar-refractivity contribution in [3.05, 3.63) is 107 Å². The van der Waals surface area contributed by atoms with Gasteiger partial charge in [0.1, 0.15) is 0 Å². The number of anilines is 2.